The number of fused-ring (bicyclic) bond motifs is 1. The van der Waals surface area contributed by atoms with Gasteiger partial charge in [-0.25, -0.2) is 9.37 Å². The van der Waals surface area contributed by atoms with E-state index in [-0.39, 0.29) is 11.6 Å². The molecule has 0 bridgehead atoms. The second-order valence-corrected chi connectivity index (χ2v) is 4.41. The summed E-state index contributed by atoms with van der Waals surface area (Å²) in [7, 11) is 3.40. The van der Waals surface area contributed by atoms with Crippen molar-refractivity contribution in [1.29, 1.82) is 0 Å². The van der Waals surface area contributed by atoms with Crippen molar-refractivity contribution in [3.05, 3.63) is 48.5 Å². The Morgan fingerprint density at radius 3 is 2.58 bits per heavy atom. The first-order chi connectivity index (χ1) is 9.19. The lowest BCUT2D eigenvalue weighted by atomic mass is 10.0. The van der Waals surface area contributed by atoms with Gasteiger partial charge in [0.2, 0.25) is 0 Å². The average molecular weight is 256 g/mol. The predicted octanol–water partition coefficient (Wildman–Crippen LogP) is 3.39. The largest absolute Gasteiger partial charge is 0.494 e. The van der Waals surface area contributed by atoms with E-state index in [1.165, 1.54) is 13.2 Å². The highest BCUT2D eigenvalue weighted by atomic mass is 19.1. The first kappa shape index (κ1) is 11.7. The van der Waals surface area contributed by atoms with Crippen LogP contribution in [0.15, 0.2) is 42.7 Å². The molecular weight excluding hydrogens is 243 g/mol. The Hall–Kier alpha value is -2.36. The summed E-state index contributed by atoms with van der Waals surface area (Å²) in [5.41, 5.74) is 3.70. The summed E-state index contributed by atoms with van der Waals surface area (Å²) in [6, 6.07) is 10.9. The fraction of sp³-hybridized carbons (Fsp3) is 0.133. The van der Waals surface area contributed by atoms with E-state index in [1.807, 2.05) is 35.9 Å². The van der Waals surface area contributed by atoms with Crippen LogP contribution >= 0.6 is 0 Å². The molecule has 3 aromatic rings. The Kier molecular flexibility index (Phi) is 2.71. The Bertz CT molecular complexity index is 749. The van der Waals surface area contributed by atoms with Crippen molar-refractivity contribution in [3.8, 4) is 16.9 Å². The molecule has 0 spiro atoms. The minimum absolute atomic E-state index is 0.252. The summed E-state index contributed by atoms with van der Waals surface area (Å²) in [5, 5.41) is 0. The SMILES string of the molecule is COc1ccc(-c2ccc3c(c2)ncn3C)cc1F. The van der Waals surface area contributed by atoms with Crippen molar-refractivity contribution in [2.75, 3.05) is 7.11 Å². The van der Waals surface area contributed by atoms with E-state index in [0.717, 1.165) is 22.2 Å². The van der Waals surface area contributed by atoms with Crippen LogP contribution in [0.4, 0.5) is 4.39 Å². The van der Waals surface area contributed by atoms with Gasteiger partial charge in [0.15, 0.2) is 11.6 Å². The van der Waals surface area contributed by atoms with E-state index in [0.29, 0.717) is 0 Å². The minimum atomic E-state index is -0.360. The van der Waals surface area contributed by atoms with Crippen LogP contribution in [0.2, 0.25) is 0 Å². The lowest BCUT2D eigenvalue weighted by Crippen LogP contribution is -1.89. The molecule has 0 amide bonds. The number of hydrogen-bond donors (Lipinski definition) is 0. The maximum absolute atomic E-state index is 13.7. The Labute approximate surface area is 110 Å². The van der Waals surface area contributed by atoms with E-state index in [9.17, 15) is 4.39 Å². The molecule has 0 saturated carbocycles. The number of nitrogens with zero attached hydrogens (tertiary/aromatic N) is 2. The highest BCUT2D eigenvalue weighted by Crippen LogP contribution is 2.27. The molecule has 0 aliphatic carbocycles. The number of hydrogen-bond acceptors (Lipinski definition) is 2. The van der Waals surface area contributed by atoms with Gasteiger partial charge >= 0.3 is 0 Å². The second-order valence-electron chi connectivity index (χ2n) is 4.41. The van der Waals surface area contributed by atoms with Crippen LogP contribution in [0, 0.1) is 5.82 Å². The molecule has 0 radical (unpaired) electrons. The number of rotatable bonds is 2. The third-order valence-electron chi connectivity index (χ3n) is 3.21. The molecule has 0 aliphatic rings. The summed E-state index contributed by atoms with van der Waals surface area (Å²) in [6.07, 6.45) is 1.77. The Balaban J connectivity index is 2.10. The third kappa shape index (κ3) is 1.95. The molecule has 19 heavy (non-hydrogen) atoms. The minimum Gasteiger partial charge on any atom is -0.494 e. The molecule has 2 aromatic carbocycles. The standard InChI is InChI=1S/C15H13FN2O/c1-18-9-17-13-8-11(3-5-14(13)18)10-4-6-15(19-2)12(16)7-10/h3-9H,1-2H3. The molecule has 1 aromatic heterocycles. The molecule has 0 fully saturated rings. The Morgan fingerprint density at radius 2 is 1.84 bits per heavy atom. The number of ether oxygens (including phenoxy) is 1. The molecule has 0 saturated heterocycles. The highest BCUT2D eigenvalue weighted by Gasteiger charge is 2.07. The lowest BCUT2D eigenvalue weighted by molar-refractivity contribution is 0.386. The van der Waals surface area contributed by atoms with Crippen molar-refractivity contribution in [1.82, 2.24) is 9.55 Å². The fourth-order valence-electron chi connectivity index (χ4n) is 2.16. The van der Waals surface area contributed by atoms with Gasteiger partial charge in [-0.05, 0) is 35.4 Å². The molecule has 3 nitrogen and oxygen atoms in total. The van der Waals surface area contributed by atoms with Crippen LogP contribution in [0.1, 0.15) is 0 Å². The van der Waals surface area contributed by atoms with Crippen LogP contribution in [0.25, 0.3) is 22.2 Å². The number of halogens is 1. The summed E-state index contributed by atoms with van der Waals surface area (Å²) in [6.45, 7) is 0. The zero-order valence-electron chi connectivity index (χ0n) is 10.7. The van der Waals surface area contributed by atoms with Crippen molar-refractivity contribution >= 4 is 11.0 Å². The van der Waals surface area contributed by atoms with Gasteiger partial charge in [-0.1, -0.05) is 12.1 Å². The molecule has 0 N–H and O–H groups in total. The van der Waals surface area contributed by atoms with Crippen molar-refractivity contribution in [3.63, 3.8) is 0 Å². The average Bonchev–Trinajstić information content (AvgIpc) is 2.80. The van der Waals surface area contributed by atoms with Gasteiger partial charge in [0.05, 0.1) is 24.5 Å². The smallest absolute Gasteiger partial charge is 0.165 e. The molecule has 96 valence electrons. The first-order valence-electron chi connectivity index (χ1n) is 5.94. The van der Waals surface area contributed by atoms with Gasteiger partial charge in [-0.3, -0.25) is 0 Å². The van der Waals surface area contributed by atoms with Gasteiger partial charge in [-0.2, -0.15) is 0 Å². The quantitative estimate of drug-likeness (QED) is 0.702. The van der Waals surface area contributed by atoms with Gasteiger partial charge in [0.25, 0.3) is 0 Å². The van der Waals surface area contributed by atoms with Crippen LogP contribution in [0.3, 0.4) is 0 Å². The van der Waals surface area contributed by atoms with Crippen LogP contribution in [-0.2, 0) is 7.05 Å². The molecular formula is C15H13FN2O. The van der Waals surface area contributed by atoms with Crippen LogP contribution in [0.5, 0.6) is 5.75 Å². The van der Waals surface area contributed by atoms with Crippen LogP contribution in [-0.4, -0.2) is 16.7 Å². The normalized spacial score (nSPS) is 10.9. The zero-order chi connectivity index (χ0) is 13.4. The van der Waals surface area contributed by atoms with Gasteiger partial charge in [-0.15, -0.1) is 0 Å². The van der Waals surface area contributed by atoms with E-state index < -0.39 is 0 Å². The van der Waals surface area contributed by atoms with Crippen LogP contribution < -0.4 is 4.74 Å². The highest BCUT2D eigenvalue weighted by molar-refractivity contribution is 5.82. The zero-order valence-corrected chi connectivity index (χ0v) is 10.7. The number of benzene rings is 2. The maximum Gasteiger partial charge on any atom is 0.165 e. The number of aryl methyl sites for hydroxylation is 1. The molecule has 1 heterocycles. The van der Waals surface area contributed by atoms with E-state index in [4.69, 9.17) is 4.74 Å². The number of aromatic nitrogens is 2. The van der Waals surface area contributed by atoms with Crippen molar-refractivity contribution in [2.45, 2.75) is 0 Å². The molecule has 3 rings (SSSR count). The second kappa shape index (κ2) is 4.39. The summed E-state index contributed by atoms with van der Waals surface area (Å²) in [4.78, 5) is 4.31. The van der Waals surface area contributed by atoms with Crippen molar-refractivity contribution < 1.29 is 9.13 Å². The molecule has 0 aliphatic heterocycles. The number of imidazole rings is 1. The van der Waals surface area contributed by atoms with E-state index in [1.54, 1.807) is 12.4 Å². The molecule has 4 heteroatoms. The topological polar surface area (TPSA) is 27.1 Å². The van der Waals surface area contributed by atoms with Gasteiger partial charge in [0, 0.05) is 7.05 Å². The number of methoxy groups -OCH3 is 1. The monoisotopic (exact) mass is 256 g/mol. The van der Waals surface area contributed by atoms with Gasteiger partial charge in [0.1, 0.15) is 0 Å². The summed E-state index contributed by atoms with van der Waals surface area (Å²) < 4.78 is 20.6. The van der Waals surface area contributed by atoms with E-state index >= 15 is 0 Å². The van der Waals surface area contributed by atoms with Gasteiger partial charge < -0.3 is 9.30 Å². The fourth-order valence-corrected chi connectivity index (χ4v) is 2.16. The third-order valence-corrected chi connectivity index (χ3v) is 3.21. The predicted molar refractivity (Wildman–Crippen MR) is 72.7 cm³/mol. The summed E-state index contributed by atoms with van der Waals surface area (Å²) >= 11 is 0. The maximum atomic E-state index is 13.7. The molecule has 0 atom stereocenters. The van der Waals surface area contributed by atoms with E-state index in [2.05, 4.69) is 4.98 Å². The van der Waals surface area contributed by atoms with Crippen molar-refractivity contribution in [2.24, 2.45) is 7.05 Å². The molecule has 0 unspecified atom stereocenters. The first-order valence-corrected chi connectivity index (χ1v) is 5.94. The summed E-state index contributed by atoms with van der Waals surface area (Å²) in [5.74, 6) is -0.108. The Morgan fingerprint density at radius 1 is 1.11 bits per heavy atom. The lowest BCUT2D eigenvalue weighted by Gasteiger charge is -2.06.